The van der Waals surface area contributed by atoms with Crippen molar-refractivity contribution in [1.82, 2.24) is 14.9 Å². The second-order valence-electron chi connectivity index (χ2n) is 7.31. The van der Waals surface area contributed by atoms with Crippen LogP contribution in [0.3, 0.4) is 0 Å². The Bertz CT molecular complexity index is 1210. The van der Waals surface area contributed by atoms with Gasteiger partial charge in [0, 0.05) is 25.1 Å². The van der Waals surface area contributed by atoms with Crippen LogP contribution in [0.1, 0.15) is 22.6 Å². The van der Waals surface area contributed by atoms with Gasteiger partial charge < -0.3 is 14.6 Å². The van der Waals surface area contributed by atoms with Gasteiger partial charge in [-0.05, 0) is 55.0 Å². The number of imidazole rings is 1. The zero-order valence-electron chi connectivity index (χ0n) is 17.4. The van der Waals surface area contributed by atoms with E-state index in [4.69, 9.17) is 21.3 Å². The molecule has 4 rings (SSSR count). The topological polar surface area (TPSA) is 56.2 Å². The van der Waals surface area contributed by atoms with Gasteiger partial charge in [0.2, 0.25) is 0 Å². The van der Waals surface area contributed by atoms with Crippen LogP contribution in [0, 0.1) is 5.82 Å². The van der Waals surface area contributed by atoms with Crippen LogP contribution in [-0.2, 0) is 13.0 Å². The van der Waals surface area contributed by atoms with Gasteiger partial charge in [-0.25, -0.2) is 9.37 Å². The molecule has 1 amide bonds. The molecule has 0 saturated carbocycles. The molecule has 0 aliphatic heterocycles. The second-order valence-corrected chi connectivity index (χ2v) is 7.72. The maximum atomic E-state index is 13.1. The molecule has 1 aromatic heterocycles. The molecule has 0 fully saturated rings. The molecular weight excluding hydrogens is 429 g/mol. The van der Waals surface area contributed by atoms with E-state index in [1.807, 2.05) is 42.5 Å². The van der Waals surface area contributed by atoms with Crippen molar-refractivity contribution in [1.29, 1.82) is 0 Å². The monoisotopic (exact) mass is 451 g/mol. The van der Waals surface area contributed by atoms with Gasteiger partial charge in [-0.1, -0.05) is 35.9 Å². The standard InChI is InChI=1S/C25H23ClFN3O2/c26-20-6-1-4-9-23(20)32-17-5-16-30-22-8-3-2-7-21(22)29-24(30)14-15-28-25(31)18-10-12-19(27)13-11-18/h1-4,6-13H,5,14-17H2,(H,28,31). The Labute approximate surface area is 190 Å². The quantitative estimate of drug-likeness (QED) is 0.353. The smallest absolute Gasteiger partial charge is 0.251 e. The summed E-state index contributed by atoms with van der Waals surface area (Å²) in [6, 6.07) is 20.9. The van der Waals surface area contributed by atoms with Crippen LogP contribution < -0.4 is 10.1 Å². The molecule has 3 aromatic carbocycles. The molecule has 32 heavy (non-hydrogen) atoms. The molecule has 0 unspecified atom stereocenters. The van der Waals surface area contributed by atoms with E-state index in [1.165, 1.54) is 24.3 Å². The molecule has 1 N–H and O–H groups in total. The molecule has 0 atom stereocenters. The number of rotatable bonds is 9. The lowest BCUT2D eigenvalue weighted by Gasteiger charge is -2.11. The number of carbonyl (C=O) groups excluding carboxylic acids is 1. The number of nitrogens with zero attached hydrogens (tertiary/aromatic N) is 2. The summed E-state index contributed by atoms with van der Waals surface area (Å²) in [6.07, 6.45) is 1.35. The minimum atomic E-state index is -0.367. The van der Waals surface area contributed by atoms with E-state index in [1.54, 1.807) is 6.07 Å². The third-order valence-corrected chi connectivity index (χ3v) is 5.41. The summed E-state index contributed by atoms with van der Waals surface area (Å²) in [5, 5.41) is 3.47. The summed E-state index contributed by atoms with van der Waals surface area (Å²) in [5.74, 6) is 0.964. The summed E-state index contributed by atoms with van der Waals surface area (Å²) in [7, 11) is 0. The fourth-order valence-corrected chi connectivity index (χ4v) is 3.71. The molecule has 1 heterocycles. The minimum Gasteiger partial charge on any atom is -0.492 e. The van der Waals surface area contributed by atoms with Crippen molar-refractivity contribution in [3.8, 4) is 5.75 Å². The lowest BCUT2D eigenvalue weighted by Crippen LogP contribution is -2.26. The Morgan fingerprint density at radius 3 is 2.59 bits per heavy atom. The van der Waals surface area contributed by atoms with Gasteiger partial charge in [0.25, 0.3) is 5.91 Å². The first-order valence-corrected chi connectivity index (χ1v) is 10.8. The zero-order valence-corrected chi connectivity index (χ0v) is 18.2. The van der Waals surface area contributed by atoms with Crippen molar-refractivity contribution in [2.24, 2.45) is 0 Å². The van der Waals surface area contributed by atoms with Crippen molar-refractivity contribution < 1.29 is 13.9 Å². The van der Waals surface area contributed by atoms with Gasteiger partial charge in [0.05, 0.1) is 22.7 Å². The first-order valence-electron chi connectivity index (χ1n) is 10.5. The average Bonchev–Trinajstić information content (AvgIpc) is 3.15. The molecular formula is C25H23ClFN3O2. The van der Waals surface area contributed by atoms with E-state index in [9.17, 15) is 9.18 Å². The lowest BCUT2D eigenvalue weighted by atomic mass is 10.2. The Balaban J connectivity index is 1.38. The van der Waals surface area contributed by atoms with Gasteiger partial charge in [0.15, 0.2) is 0 Å². The van der Waals surface area contributed by atoms with Gasteiger partial charge in [-0.2, -0.15) is 0 Å². The first-order chi connectivity index (χ1) is 15.6. The van der Waals surface area contributed by atoms with Crippen LogP contribution in [0.15, 0.2) is 72.8 Å². The number of fused-ring (bicyclic) bond motifs is 1. The van der Waals surface area contributed by atoms with Crippen molar-refractivity contribution in [3.63, 3.8) is 0 Å². The normalized spacial score (nSPS) is 10.9. The molecule has 0 radical (unpaired) electrons. The summed E-state index contributed by atoms with van der Waals surface area (Å²) in [5.41, 5.74) is 2.39. The van der Waals surface area contributed by atoms with Gasteiger partial charge in [-0.3, -0.25) is 4.79 Å². The van der Waals surface area contributed by atoms with Crippen LogP contribution in [0.2, 0.25) is 5.02 Å². The van der Waals surface area contributed by atoms with E-state index in [2.05, 4.69) is 9.88 Å². The molecule has 164 valence electrons. The first kappa shape index (κ1) is 21.8. The highest BCUT2D eigenvalue weighted by Crippen LogP contribution is 2.23. The number of aryl methyl sites for hydroxylation is 1. The van der Waals surface area contributed by atoms with Gasteiger partial charge >= 0.3 is 0 Å². The number of benzene rings is 3. The number of halogens is 2. The van der Waals surface area contributed by atoms with E-state index in [0.717, 1.165) is 29.8 Å². The SMILES string of the molecule is O=C(NCCc1nc2ccccc2n1CCCOc1ccccc1Cl)c1ccc(F)cc1. The van der Waals surface area contributed by atoms with Crippen molar-refractivity contribution >= 4 is 28.5 Å². The summed E-state index contributed by atoms with van der Waals surface area (Å²) in [4.78, 5) is 17.0. The summed E-state index contributed by atoms with van der Waals surface area (Å²) in [6.45, 7) is 1.68. The van der Waals surface area contributed by atoms with E-state index < -0.39 is 0 Å². The number of ether oxygens (including phenoxy) is 1. The predicted octanol–water partition coefficient (Wildman–Crippen LogP) is 5.27. The molecule has 0 aliphatic carbocycles. The number of para-hydroxylation sites is 3. The fraction of sp³-hybridized carbons (Fsp3) is 0.200. The molecule has 0 bridgehead atoms. The number of carbonyl (C=O) groups is 1. The van der Waals surface area contributed by atoms with Crippen LogP contribution in [0.5, 0.6) is 5.75 Å². The summed E-state index contributed by atoms with van der Waals surface area (Å²) < 4.78 is 21.0. The number of hydrogen-bond donors (Lipinski definition) is 1. The Kier molecular flexibility index (Phi) is 7.02. The van der Waals surface area contributed by atoms with Crippen LogP contribution in [0.25, 0.3) is 11.0 Å². The Hall–Kier alpha value is -3.38. The predicted molar refractivity (Wildman–Crippen MR) is 124 cm³/mol. The molecule has 0 saturated heterocycles. The van der Waals surface area contributed by atoms with E-state index >= 15 is 0 Å². The highest BCUT2D eigenvalue weighted by Gasteiger charge is 2.12. The maximum absolute atomic E-state index is 13.1. The van der Waals surface area contributed by atoms with E-state index in [0.29, 0.717) is 35.9 Å². The van der Waals surface area contributed by atoms with Crippen LogP contribution in [0.4, 0.5) is 4.39 Å². The van der Waals surface area contributed by atoms with Crippen LogP contribution >= 0.6 is 11.6 Å². The third kappa shape index (κ3) is 5.26. The van der Waals surface area contributed by atoms with Crippen LogP contribution in [-0.4, -0.2) is 28.6 Å². The Morgan fingerprint density at radius 2 is 1.78 bits per heavy atom. The average molecular weight is 452 g/mol. The lowest BCUT2D eigenvalue weighted by molar-refractivity contribution is 0.0954. The number of hydrogen-bond acceptors (Lipinski definition) is 3. The van der Waals surface area contributed by atoms with E-state index in [-0.39, 0.29) is 11.7 Å². The molecule has 0 aliphatic rings. The Morgan fingerprint density at radius 1 is 1.03 bits per heavy atom. The second kappa shape index (κ2) is 10.3. The maximum Gasteiger partial charge on any atom is 0.251 e. The molecule has 4 aromatic rings. The number of amides is 1. The largest absolute Gasteiger partial charge is 0.492 e. The van der Waals surface area contributed by atoms with Crippen molar-refractivity contribution in [2.75, 3.05) is 13.2 Å². The minimum absolute atomic E-state index is 0.235. The summed E-state index contributed by atoms with van der Waals surface area (Å²) >= 11 is 6.15. The van der Waals surface area contributed by atoms with Gasteiger partial charge in [0.1, 0.15) is 17.4 Å². The molecule has 0 spiro atoms. The van der Waals surface area contributed by atoms with Crippen molar-refractivity contribution in [2.45, 2.75) is 19.4 Å². The molecule has 5 nitrogen and oxygen atoms in total. The zero-order chi connectivity index (χ0) is 22.3. The highest BCUT2D eigenvalue weighted by molar-refractivity contribution is 6.32. The van der Waals surface area contributed by atoms with Crippen molar-refractivity contribution in [3.05, 3.63) is 95.0 Å². The molecule has 7 heteroatoms. The number of aromatic nitrogens is 2. The number of nitrogens with one attached hydrogen (secondary N) is 1. The third-order valence-electron chi connectivity index (χ3n) is 5.09. The fourth-order valence-electron chi connectivity index (χ4n) is 3.52. The van der Waals surface area contributed by atoms with Gasteiger partial charge in [-0.15, -0.1) is 0 Å². The highest BCUT2D eigenvalue weighted by atomic mass is 35.5.